The third-order valence-corrected chi connectivity index (χ3v) is 1.76. The predicted molar refractivity (Wildman–Crippen MR) is 57.9 cm³/mol. The molecule has 0 saturated heterocycles. The average Bonchev–Trinajstić information content (AvgIpc) is 2.25. The van der Waals surface area contributed by atoms with Gasteiger partial charge in [0.15, 0.2) is 0 Å². The number of carbonyl (C=O) groups excluding carboxylic acids is 1. The maximum atomic E-state index is 11.1. The molecule has 16 heavy (non-hydrogen) atoms. The molecule has 84 valence electrons. The lowest BCUT2D eigenvalue weighted by Crippen LogP contribution is -2.13. The second kappa shape index (κ2) is 4.97. The fraction of sp³-hybridized carbons (Fsp3) is 0.0909. The van der Waals surface area contributed by atoms with E-state index in [4.69, 9.17) is 5.11 Å². The molecular weight excluding hydrogens is 210 g/mol. The van der Waals surface area contributed by atoms with Crippen LogP contribution in [-0.4, -0.2) is 17.0 Å². The van der Waals surface area contributed by atoms with Crippen molar-refractivity contribution >= 4 is 17.6 Å². The van der Waals surface area contributed by atoms with E-state index in [-0.39, 0.29) is 16.8 Å². The lowest BCUT2D eigenvalue weighted by atomic mass is 10.2. The molecule has 0 heterocycles. The highest BCUT2D eigenvalue weighted by Gasteiger charge is 2.10. The fourth-order valence-electron chi connectivity index (χ4n) is 0.947. The molecule has 5 heteroatoms. The third kappa shape index (κ3) is 2.84. The first-order chi connectivity index (χ1) is 7.52. The molecule has 0 aromatic heterocycles. The van der Waals surface area contributed by atoms with E-state index >= 15 is 0 Å². The van der Waals surface area contributed by atoms with E-state index in [0.717, 1.165) is 0 Å². The predicted octanol–water partition coefficient (Wildman–Crippen LogP) is 1.83. The largest absolute Gasteiger partial charge is 0.478 e. The molecule has 0 aliphatic heterocycles. The minimum atomic E-state index is -1.10. The number of rotatable bonds is 4. The van der Waals surface area contributed by atoms with E-state index in [0.29, 0.717) is 0 Å². The van der Waals surface area contributed by atoms with Gasteiger partial charge in [0, 0.05) is 5.57 Å². The first-order valence-corrected chi connectivity index (χ1v) is 4.47. The number of benzene rings is 1. The van der Waals surface area contributed by atoms with Crippen molar-refractivity contribution in [2.24, 2.45) is 0 Å². The number of hydrogen-bond donors (Lipinski definition) is 2. The average molecular weight is 221 g/mol. The minimum absolute atomic E-state index is 0.0250. The topological polar surface area (TPSA) is 75.6 Å². The summed E-state index contributed by atoms with van der Waals surface area (Å²) < 4.78 is 0. The van der Waals surface area contributed by atoms with Crippen molar-refractivity contribution in [2.45, 2.75) is 6.92 Å². The maximum absolute atomic E-state index is 11.1. The van der Waals surface area contributed by atoms with Crippen LogP contribution in [0.15, 0.2) is 36.4 Å². The summed E-state index contributed by atoms with van der Waals surface area (Å²) in [5, 5.41) is 8.84. The second-order valence-electron chi connectivity index (χ2n) is 3.12. The molecule has 0 saturated carbocycles. The smallest absolute Gasteiger partial charge is 0.357 e. The Bertz CT molecular complexity index is 439. The zero-order valence-corrected chi connectivity index (χ0v) is 8.69. The molecule has 0 aliphatic rings. The Hall–Kier alpha value is -2.30. The van der Waals surface area contributed by atoms with Crippen LogP contribution in [0.25, 0.3) is 0 Å². The molecule has 0 radical (unpaired) electrons. The summed E-state index contributed by atoms with van der Waals surface area (Å²) in [6.45, 7) is 4.89. The third-order valence-electron chi connectivity index (χ3n) is 1.76. The molecule has 0 amide bonds. The Labute approximate surface area is 92.3 Å². The van der Waals surface area contributed by atoms with Gasteiger partial charge < -0.3 is 9.94 Å². The number of carboxylic acids is 1. The van der Waals surface area contributed by atoms with Crippen molar-refractivity contribution in [1.29, 1.82) is 0 Å². The van der Waals surface area contributed by atoms with Gasteiger partial charge in [0.25, 0.3) is 0 Å². The van der Waals surface area contributed by atoms with Gasteiger partial charge in [-0.1, -0.05) is 18.7 Å². The number of para-hydroxylation sites is 1. The standard InChI is InChI=1S/C11H11NO4/c1-7(2)11(15)16-12-9-6-4-3-5-8(9)10(13)14/h3-6,12H,1H2,2H3,(H,13,14). The van der Waals surface area contributed by atoms with Crippen molar-refractivity contribution in [3.8, 4) is 0 Å². The van der Waals surface area contributed by atoms with Gasteiger partial charge in [0.2, 0.25) is 0 Å². The molecule has 5 nitrogen and oxygen atoms in total. The Morgan fingerprint density at radius 3 is 2.56 bits per heavy atom. The van der Waals surface area contributed by atoms with Gasteiger partial charge in [-0.05, 0) is 19.1 Å². The van der Waals surface area contributed by atoms with Crippen molar-refractivity contribution in [1.82, 2.24) is 0 Å². The lowest BCUT2D eigenvalue weighted by molar-refractivity contribution is -0.136. The van der Waals surface area contributed by atoms with Crippen LogP contribution in [0.4, 0.5) is 5.69 Å². The van der Waals surface area contributed by atoms with Gasteiger partial charge in [0.05, 0.1) is 11.3 Å². The number of anilines is 1. The van der Waals surface area contributed by atoms with Crippen molar-refractivity contribution in [3.63, 3.8) is 0 Å². The van der Waals surface area contributed by atoms with Gasteiger partial charge >= 0.3 is 11.9 Å². The number of hydrogen-bond acceptors (Lipinski definition) is 4. The maximum Gasteiger partial charge on any atom is 0.357 e. The number of carbonyl (C=O) groups is 2. The molecule has 0 atom stereocenters. The Morgan fingerprint density at radius 2 is 2.00 bits per heavy atom. The van der Waals surface area contributed by atoms with E-state index in [1.165, 1.54) is 19.1 Å². The monoisotopic (exact) mass is 221 g/mol. The van der Waals surface area contributed by atoms with E-state index in [9.17, 15) is 9.59 Å². The molecule has 0 unspecified atom stereocenters. The van der Waals surface area contributed by atoms with E-state index < -0.39 is 11.9 Å². The van der Waals surface area contributed by atoms with Gasteiger partial charge in [0.1, 0.15) is 0 Å². The molecule has 0 aliphatic carbocycles. The summed E-state index contributed by atoms with van der Waals surface area (Å²) in [6.07, 6.45) is 0. The fourth-order valence-corrected chi connectivity index (χ4v) is 0.947. The van der Waals surface area contributed by atoms with Crippen molar-refractivity contribution < 1.29 is 19.5 Å². The summed E-state index contributed by atoms with van der Waals surface area (Å²) in [5.74, 6) is -1.74. The van der Waals surface area contributed by atoms with Gasteiger partial charge in [-0.2, -0.15) is 0 Å². The SMILES string of the molecule is C=C(C)C(=O)ONc1ccccc1C(=O)O. The quantitative estimate of drug-likeness (QED) is 0.599. The van der Waals surface area contributed by atoms with E-state index in [2.05, 4.69) is 16.9 Å². The zero-order valence-electron chi connectivity index (χ0n) is 8.69. The summed E-state index contributed by atoms with van der Waals surface area (Å²) in [5.41, 5.74) is 2.74. The molecule has 1 aromatic carbocycles. The summed E-state index contributed by atoms with van der Waals surface area (Å²) in [6, 6.07) is 6.10. The van der Waals surface area contributed by atoms with Crippen LogP contribution in [0.5, 0.6) is 0 Å². The molecule has 2 N–H and O–H groups in total. The molecule has 1 aromatic rings. The van der Waals surface area contributed by atoms with Crippen LogP contribution < -0.4 is 5.48 Å². The zero-order chi connectivity index (χ0) is 12.1. The van der Waals surface area contributed by atoms with E-state index in [1.807, 2.05) is 0 Å². The normalized spacial score (nSPS) is 9.31. The minimum Gasteiger partial charge on any atom is -0.478 e. The Kier molecular flexibility index (Phi) is 3.66. The number of aromatic carboxylic acids is 1. The second-order valence-corrected chi connectivity index (χ2v) is 3.12. The van der Waals surface area contributed by atoms with E-state index in [1.54, 1.807) is 12.1 Å². The van der Waals surface area contributed by atoms with Crippen LogP contribution in [0.1, 0.15) is 17.3 Å². The van der Waals surface area contributed by atoms with Gasteiger partial charge in [-0.25, -0.2) is 15.1 Å². The Balaban J connectivity index is 2.78. The van der Waals surface area contributed by atoms with Crippen LogP contribution in [0.3, 0.4) is 0 Å². The first-order valence-electron chi connectivity index (χ1n) is 4.47. The summed E-state index contributed by atoms with van der Waals surface area (Å²) in [7, 11) is 0. The first kappa shape index (κ1) is 11.8. The van der Waals surface area contributed by atoms with Gasteiger partial charge in [-0.3, -0.25) is 0 Å². The molecular formula is C11H11NO4. The molecule has 0 bridgehead atoms. The molecule has 0 fully saturated rings. The number of carboxylic acid groups (broad SMARTS) is 1. The van der Waals surface area contributed by atoms with Crippen LogP contribution in [-0.2, 0) is 9.63 Å². The molecule has 0 spiro atoms. The lowest BCUT2D eigenvalue weighted by Gasteiger charge is -2.08. The van der Waals surface area contributed by atoms with Crippen LogP contribution in [0, 0.1) is 0 Å². The Morgan fingerprint density at radius 1 is 1.38 bits per heavy atom. The van der Waals surface area contributed by atoms with Crippen LogP contribution >= 0.6 is 0 Å². The van der Waals surface area contributed by atoms with Crippen molar-refractivity contribution in [3.05, 3.63) is 42.0 Å². The highest BCUT2D eigenvalue weighted by atomic mass is 16.7. The highest BCUT2D eigenvalue weighted by molar-refractivity contribution is 5.94. The summed E-state index contributed by atoms with van der Waals surface area (Å²) >= 11 is 0. The van der Waals surface area contributed by atoms with Crippen molar-refractivity contribution in [2.75, 3.05) is 5.48 Å². The highest BCUT2D eigenvalue weighted by Crippen LogP contribution is 2.14. The molecule has 1 rings (SSSR count). The van der Waals surface area contributed by atoms with Gasteiger partial charge in [-0.15, -0.1) is 0 Å². The summed E-state index contributed by atoms with van der Waals surface area (Å²) in [4.78, 5) is 26.5. The van der Waals surface area contributed by atoms with Crippen LogP contribution in [0.2, 0.25) is 0 Å². The number of nitrogens with one attached hydrogen (secondary N) is 1.